The fraction of sp³-hybridized carbons (Fsp3) is 0.267. The number of terminal acetylenes is 1. The molecule has 1 rings (SSSR count). The van der Waals surface area contributed by atoms with Gasteiger partial charge in [-0.15, -0.1) is 6.42 Å². The second-order valence-electron chi connectivity index (χ2n) is 4.30. The first-order chi connectivity index (χ1) is 11.7. The van der Waals surface area contributed by atoms with Gasteiger partial charge in [-0.3, -0.25) is 10.7 Å². The van der Waals surface area contributed by atoms with Gasteiger partial charge >= 0.3 is 0 Å². The molecule has 0 aromatic heterocycles. The second-order valence-corrected chi connectivity index (χ2v) is 5.28. The number of hydroxylamine groups is 1. The summed E-state index contributed by atoms with van der Waals surface area (Å²) in [7, 11) is 0. The van der Waals surface area contributed by atoms with E-state index in [1.54, 1.807) is 11.8 Å². The van der Waals surface area contributed by atoms with Gasteiger partial charge in [-0.25, -0.2) is 14.3 Å². The molecular formula is C15H18FN5O2S. The SMILES string of the molecule is C#Cc1cc(N=C(NO)/C(CNCCSC)=N/ON=C)ccc1F. The van der Waals surface area contributed by atoms with Crippen LogP contribution in [0.15, 0.2) is 33.5 Å². The van der Waals surface area contributed by atoms with E-state index in [9.17, 15) is 9.60 Å². The average Bonchev–Trinajstić information content (AvgIpc) is 2.60. The highest BCUT2D eigenvalue weighted by atomic mass is 32.2. The molecule has 24 heavy (non-hydrogen) atoms. The van der Waals surface area contributed by atoms with Gasteiger partial charge in [0, 0.05) is 25.6 Å². The lowest BCUT2D eigenvalue weighted by atomic mass is 10.2. The van der Waals surface area contributed by atoms with Crippen LogP contribution >= 0.6 is 11.8 Å². The van der Waals surface area contributed by atoms with E-state index in [2.05, 4.69) is 38.2 Å². The summed E-state index contributed by atoms with van der Waals surface area (Å²) in [5.74, 6) is 2.60. The molecule has 3 N–H and O–H groups in total. The van der Waals surface area contributed by atoms with Crippen molar-refractivity contribution >= 4 is 35.7 Å². The summed E-state index contributed by atoms with van der Waals surface area (Å²) in [6, 6.07) is 3.98. The zero-order chi connectivity index (χ0) is 17.8. The van der Waals surface area contributed by atoms with Crippen LogP contribution in [-0.4, -0.2) is 48.6 Å². The number of halogens is 1. The Bertz CT molecular complexity index is 658. The summed E-state index contributed by atoms with van der Waals surface area (Å²) in [6.45, 7) is 4.13. The lowest BCUT2D eigenvalue weighted by Crippen LogP contribution is -2.37. The van der Waals surface area contributed by atoms with Gasteiger partial charge in [-0.05, 0) is 24.5 Å². The molecular weight excluding hydrogens is 333 g/mol. The van der Waals surface area contributed by atoms with E-state index < -0.39 is 5.82 Å². The first-order valence-electron chi connectivity index (χ1n) is 6.80. The Morgan fingerprint density at radius 1 is 1.54 bits per heavy atom. The van der Waals surface area contributed by atoms with Crippen molar-refractivity contribution in [3.05, 3.63) is 29.6 Å². The molecule has 0 spiro atoms. The molecule has 0 radical (unpaired) electrons. The third-order valence-electron chi connectivity index (χ3n) is 2.71. The van der Waals surface area contributed by atoms with Crippen LogP contribution in [-0.2, 0) is 4.94 Å². The van der Waals surface area contributed by atoms with Crippen molar-refractivity contribution in [2.24, 2.45) is 15.3 Å². The van der Waals surface area contributed by atoms with Crippen LogP contribution in [0, 0.1) is 18.2 Å². The third kappa shape index (κ3) is 6.37. The standard InChI is InChI=1S/C15H18FN5O2S/c1-4-11-9-12(5-6-13(11)16)19-15(20-22)14(21-23-17-2)10-18-7-8-24-3/h1,5-6,9,18,22H,2,7-8,10H2,3H3,(H,19,20)/b21-14+. The van der Waals surface area contributed by atoms with Crippen molar-refractivity contribution in [1.82, 2.24) is 10.8 Å². The van der Waals surface area contributed by atoms with Crippen LogP contribution < -0.4 is 10.8 Å². The molecule has 0 heterocycles. The van der Waals surface area contributed by atoms with Crippen LogP contribution in [0.1, 0.15) is 5.56 Å². The molecule has 0 aliphatic carbocycles. The second kappa shape index (κ2) is 11.2. The molecule has 0 bridgehead atoms. The molecule has 1 aromatic carbocycles. The van der Waals surface area contributed by atoms with E-state index in [4.69, 9.17) is 6.42 Å². The Balaban J connectivity index is 3.03. The van der Waals surface area contributed by atoms with Crippen LogP contribution in [0.25, 0.3) is 0 Å². The summed E-state index contributed by atoms with van der Waals surface area (Å²) in [6.07, 6.45) is 7.21. The van der Waals surface area contributed by atoms with E-state index in [1.165, 1.54) is 18.2 Å². The van der Waals surface area contributed by atoms with Crippen LogP contribution in [0.5, 0.6) is 0 Å². The molecule has 0 aliphatic rings. The number of hydrogen-bond donors (Lipinski definition) is 3. The predicted molar refractivity (Wildman–Crippen MR) is 95.7 cm³/mol. The van der Waals surface area contributed by atoms with E-state index >= 15 is 0 Å². The highest BCUT2D eigenvalue weighted by Crippen LogP contribution is 2.17. The zero-order valence-corrected chi connectivity index (χ0v) is 13.9. The van der Waals surface area contributed by atoms with Crippen molar-refractivity contribution < 1.29 is 14.5 Å². The van der Waals surface area contributed by atoms with Gasteiger partial charge in [-0.1, -0.05) is 16.2 Å². The number of nitrogens with one attached hydrogen (secondary N) is 2. The Hall–Kier alpha value is -2.41. The molecule has 0 saturated carbocycles. The number of aliphatic imine (C=N–C) groups is 1. The number of amidine groups is 1. The minimum absolute atomic E-state index is 0.00452. The molecule has 7 nitrogen and oxygen atoms in total. The maximum Gasteiger partial charge on any atom is 0.176 e. The van der Waals surface area contributed by atoms with Gasteiger partial charge in [-0.2, -0.15) is 11.8 Å². The van der Waals surface area contributed by atoms with Crippen molar-refractivity contribution in [1.29, 1.82) is 0 Å². The van der Waals surface area contributed by atoms with Crippen molar-refractivity contribution in [2.45, 2.75) is 0 Å². The number of benzene rings is 1. The van der Waals surface area contributed by atoms with Crippen molar-refractivity contribution in [2.75, 3.05) is 25.1 Å². The summed E-state index contributed by atoms with van der Waals surface area (Å²) >= 11 is 1.68. The van der Waals surface area contributed by atoms with E-state index in [1.807, 2.05) is 11.7 Å². The number of rotatable bonds is 9. The summed E-state index contributed by atoms with van der Waals surface area (Å²) in [5, 5.41) is 19.3. The van der Waals surface area contributed by atoms with Crippen LogP contribution in [0.2, 0.25) is 0 Å². The molecule has 0 amide bonds. The largest absolute Gasteiger partial charge is 0.310 e. The molecule has 0 atom stereocenters. The summed E-state index contributed by atoms with van der Waals surface area (Å²) in [5.41, 5.74) is 2.59. The van der Waals surface area contributed by atoms with E-state index in [0.717, 1.165) is 12.3 Å². The molecule has 0 fully saturated rings. The van der Waals surface area contributed by atoms with Gasteiger partial charge in [0.2, 0.25) is 0 Å². The van der Waals surface area contributed by atoms with E-state index in [-0.39, 0.29) is 23.7 Å². The fourth-order valence-corrected chi connectivity index (χ4v) is 1.94. The maximum atomic E-state index is 13.4. The molecule has 0 aliphatic heterocycles. The average molecular weight is 351 g/mol. The quantitative estimate of drug-likeness (QED) is 0.207. The number of nitrogens with zero attached hydrogens (tertiary/aromatic N) is 3. The first-order valence-corrected chi connectivity index (χ1v) is 8.19. The topological polar surface area (TPSA) is 90.6 Å². The minimum Gasteiger partial charge on any atom is -0.310 e. The lowest BCUT2D eigenvalue weighted by molar-refractivity contribution is 0.158. The smallest absolute Gasteiger partial charge is 0.176 e. The van der Waals surface area contributed by atoms with Gasteiger partial charge in [0.1, 0.15) is 11.5 Å². The van der Waals surface area contributed by atoms with Crippen molar-refractivity contribution in [3.8, 4) is 12.3 Å². The minimum atomic E-state index is -0.526. The Morgan fingerprint density at radius 3 is 2.96 bits per heavy atom. The Labute approximate surface area is 144 Å². The molecule has 9 heteroatoms. The third-order valence-corrected chi connectivity index (χ3v) is 3.32. The predicted octanol–water partition coefficient (Wildman–Crippen LogP) is 1.76. The van der Waals surface area contributed by atoms with Crippen LogP contribution in [0.3, 0.4) is 0 Å². The van der Waals surface area contributed by atoms with Crippen molar-refractivity contribution in [3.63, 3.8) is 0 Å². The molecule has 0 unspecified atom stereocenters. The van der Waals surface area contributed by atoms with Gasteiger partial charge in [0.15, 0.2) is 5.84 Å². The molecule has 1 aromatic rings. The molecule has 0 saturated heterocycles. The normalized spacial score (nSPS) is 11.8. The first kappa shape index (κ1) is 19.6. The number of thioether (sulfide) groups is 1. The van der Waals surface area contributed by atoms with E-state index in [0.29, 0.717) is 5.69 Å². The Kier molecular flexibility index (Phi) is 9.14. The van der Waals surface area contributed by atoms with Gasteiger partial charge < -0.3 is 5.32 Å². The van der Waals surface area contributed by atoms with Crippen LogP contribution in [0.4, 0.5) is 10.1 Å². The highest BCUT2D eigenvalue weighted by molar-refractivity contribution is 7.98. The molecule has 128 valence electrons. The lowest BCUT2D eigenvalue weighted by Gasteiger charge is -2.09. The zero-order valence-electron chi connectivity index (χ0n) is 13.1. The monoisotopic (exact) mass is 351 g/mol. The Morgan fingerprint density at radius 2 is 2.33 bits per heavy atom. The fourth-order valence-electron chi connectivity index (χ4n) is 1.59. The summed E-state index contributed by atoms with van der Waals surface area (Å²) < 4.78 is 13.4. The number of hydrogen-bond acceptors (Lipinski definition) is 7. The maximum absolute atomic E-state index is 13.4. The number of oxime groups is 2. The summed E-state index contributed by atoms with van der Waals surface area (Å²) in [4.78, 5) is 8.72. The highest BCUT2D eigenvalue weighted by Gasteiger charge is 2.11. The van der Waals surface area contributed by atoms with Gasteiger partial charge in [0.05, 0.1) is 11.3 Å². The van der Waals surface area contributed by atoms with Gasteiger partial charge in [0.25, 0.3) is 0 Å².